The highest BCUT2D eigenvalue weighted by Gasteiger charge is 2.09. The summed E-state index contributed by atoms with van der Waals surface area (Å²) >= 11 is 0. The Morgan fingerprint density at radius 2 is 1.90 bits per heavy atom. The Morgan fingerprint density at radius 3 is 2.67 bits per heavy atom. The summed E-state index contributed by atoms with van der Waals surface area (Å²) in [5.41, 5.74) is 2.02. The van der Waals surface area contributed by atoms with E-state index < -0.39 is 0 Å². The molecule has 1 aromatic carbocycles. The maximum atomic E-state index is 9.22. The highest BCUT2D eigenvalue weighted by Crippen LogP contribution is 2.15. The zero-order valence-corrected chi connectivity index (χ0v) is 13.0. The highest BCUT2D eigenvalue weighted by molar-refractivity contribution is 5.80. The summed E-state index contributed by atoms with van der Waals surface area (Å²) in [4.78, 5) is 11.5. The van der Waals surface area contributed by atoms with Gasteiger partial charge >= 0.3 is 0 Å². The van der Waals surface area contributed by atoms with Gasteiger partial charge in [0.15, 0.2) is 0 Å². The molecule has 0 amide bonds. The topological polar surface area (TPSA) is 49.2 Å². The number of rotatable bonds is 8. The molecule has 0 aliphatic carbocycles. The molecule has 0 bridgehead atoms. The van der Waals surface area contributed by atoms with Gasteiger partial charge < -0.3 is 5.11 Å². The number of aliphatic hydroxyl groups excluding tert-OH is 1. The Labute approximate surface area is 126 Å². The van der Waals surface area contributed by atoms with Crippen molar-refractivity contribution in [1.29, 1.82) is 0 Å². The minimum atomic E-state index is 0.179. The molecule has 4 heteroatoms. The van der Waals surface area contributed by atoms with Gasteiger partial charge in [-0.25, -0.2) is 9.97 Å². The van der Waals surface area contributed by atoms with E-state index in [1.807, 2.05) is 25.1 Å². The van der Waals surface area contributed by atoms with Gasteiger partial charge in [0.05, 0.1) is 18.7 Å². The Kier molecular flexibility index (Phi) is 6.08. The zero-order chi connectivity index (χ0) is 15.1. The first-order chi connectivity index (χ1) is 10.2. The predicted octanol–water partition coefficient (Wildman–Crippen LogP) is 2.92. The summed E-state index contributed by atoms with van der Waals surface area (Å²) < 4.78 is 0. The number of aromatic nitrogens is 2. The Hall–Kier alpha value is -1.52. The second-order valence-electron chi connectivity index (χ2n) is 5.45. The van der Waals surface area contributed by atoms with Crippen molar-refractivity contribution in [1.82, 2.24) is 14.9 Å². The molecule has 0 atom stereocenters. The van der Waals surface area contributed by atoms with E-state index in [0.717, 1.165) is 35.4 Å². The molecule has 2 rings (SSSR count). The molecule has 0 saturated carbocycles. The van der Waals surface area contributed by atoms with Gasteiger partial charge in [-0.1, -0.05) is 38.0 Å². The van der Waals surface area contributed by atoms with E-state index in [9.17, 15) is 5.11 Å². The fourth-order valence-corrected chi connectivity index (χ4v) is 2.56. The molecule has 4 nitrogen and oxygen atoms in total. The first-order valence-corrected chi connectivity index (χ1v) is 7.80. The molecule has 0 aliphatic rings. The van der Waals surface area contributed by atoms with Crippen molar-refractivity contribution in [2.75, 3.05) is 19.7 Å². The Morgan fingerprint density at radius 1 is 1.10 bits per heavy atom. The second kappa shape index (κ2) is 8.05. The second-order valence-corrected chi connectivity index (χ2v) is 5.45. The normalized spacial score (nSPS) is 11.4. The van der Waals surface area contributed by atoms with Crippen molar-refractivity contribution >= 4 is 10.9 Å². The number of aliphatic hydroxyl groups is 1. The van der Waals surface area contributed by atoms with E-state index in [1.54, 1.807) is 0 Å². The number of hydrogen-bond acceptors (Lipinski definition) is 4. The minimum Gasteiger partial charge on any atom is -0.395 e. The lowest BCUT2D eigenvalue weighted by Gasteiger charge is -2.20. The van der Waals surface area contributed by atoms with Gasteiger partial charge in [0, 0.05) is 17.6 Å². The van der Waals surface area contributed by atoms with Gasteiger partial charge in [-0.15, -0.1) is 0 Å². The van der Waals surface area contributed by atoms with E-state index in [2.05, 4.69) is 27.9 Å². The van der Waals surface area contributed by atoms with Crippen molar-refractivity contribution in [2.24, 2.45) is 0 Å². The smallest absolute Gasteiger partial charge is 0.143 e. The summed E-state index contributed by atoms with van der Waals surface area (Å²) in [5, 5.41) is 10.3. The predicted molar refractivity (Wildman–Crippen MR) is 86.2 cm³/mol. The van der Waals surface area contributed by atoms with Crippen molar-refractivity contribution in [3.8, 4) is 0 Å². The highest BCUT2D eigenvalue weighted by atomic mass is 16.3. The first kappa shape index (κ1) is 15.9. The number of para-hydroxylation sites is 1. The van der Waals surface area contributed by atoms with Gasteiger partial charge in [-0.2, -0.15) is 0 Å². The lowest BCUT2D eigenvalue weighted by molar-refractivity contribution is 0.185. The van der Waals surface area contributed by atoms with Crippen LogP contribution >= 0.6 is 0 Å². The monoisotopic (exact) mass is 287 g/mol. The maximum Gasteiger partial charge on any atom is 0.143 e. The molecule has 1 heterocycles. The van der Waals surface area contributed by atoms with E-state index in [-0.39, 0.29) is 6.61 Å². The number of benzene rings is 1. The molecule has 0 aliphatic heterocycles. The third kappa shape index (κ3) is 4.48. The molecular formula is C17H25N3O. The molecule has 0 radical (unpaired) electrons. The number of fused-ring (bicyclic) bond motifs is 1. The van der Waals surface area contributed by atoms with E-state index in [0.29, 0.717) is 13.1 Å². The number of unbranched alkanes of at least 4 members (excludes halogenated alkanes) is 2. The summed E-state index contributed by atoms with van der Waals surface area (Å²) in [7, 11) is 0. The molecule has 1 aromatic heterocycles. The summed E-state index contributed by atoms with van der Waals surface area (Å²) in [6.07, 6.45) is 3.58. The van der Waals surface area contributed by atoms with Crippen LogP contribution in [0, 0.1) is 6.92 Å². The van der Waals surface area contributed by atoms with Crippen molar-refractivity contribution in [2.45, 2.75) is 39.7 Å². The van der Waals surface area contributed by atoms with Gasteiger partial charge in [0.1, 0.15) is 5.82 Å². The van der Waals surface area contributed by atoms with Crippen LogP contribution in [-0.4, -0.2) is 39.7 Å². The lowest BCUT2D eigenvalue weighted by Crippen LogP contribution is -2.28. The summed E-state index contributed by atoms with van der Waals surface area (Å²) in [6, 6.07) is 8.11. The third-order valence-corrected chi connectivity index (χ3v) is 3.70. The van der Waals surface area contributed by atoms with Crippen LogP contribution in [-0.2, 0) is 6.54 Å². The maximum absolute atomic E-state index is 9.22. The quantitative estimate of drug-likeness (QED) is 0.758. The van der Waals surface area contributed by atoms with Crippen molar-refractivity contribution < 1.29 is 5.11 Å². The van der Waals surface area contributed by atoms with Crippen LogP contribution in [0.4, 0.5) is 0 Å². The number of aryl methyl sites for hydroxylation is 1. The van der Waals surface area contributed by atoms with Crippen LogP contribution < -0.4 is 0 Å². The summed E-state index contributed by atoms with van der Waals surface area (Å²) in [5.74, 6) is 0.844. The van der Waals surface area contributed by atoms with Crippen LogP contribution in [0.1, 0.15) is 37.7 Å². The fourth-order valence-electron chi connectivity index (χ4n) is 2.56. The molecule has 1 N–H and O–H groups in total. The van der Waals surface area contributed by atoms with Crippen LogP contribution in [0.5, 0.6) is 0 Å². The van der Waals surface area contributed by atoms with Crippen molar-refractivity contribution in [3.63, 3.8) is 0 Å². The zero-order valence-electron chi connectivity index (χ0n) is 13.0. The standard InChI is InChI=1S/C17H25N3O/c1-3-4-7-10-20(11-12-21)13-17-18-14(2)15-8-5-6-9-16(15)19-17/h5-6,8-9,21H,3-4,7,10-13H2,1-2H3. The molecule has 0 fully saturated rings. The van der Waals surface area contributed by atoms with E-state index >= 15 is 0 Å². The molecule has 21 heavy (non-hydrogen) atoms. The SMILES string of the molecule is CCCCCN(CCO)Cc1nc(C)c2ccccc2n1. The van der Waals surface area contributed by atoms with Gasteiger partial charge in [-0.05, 0) is 26.0 Å². The van der Waals surface area contributed by atoms with Crippen LogP contribution in [0.25, 0.3) is 10.9 Å². The Bertz CT molecular complexity index is 571. The van der Waals surface area contributed by atoms with Gasteiger partial charge in [0.2, 0.25) is 0 Å². The van der Waals surface area contributed by atoms with Crippen molar-refractivity contribution in [3.05, 3.63) is 35.8 Å². The molecular weight excluding hydrogens is 262 g/mol. The average Bonchev–Trinajstić information content (AvgIpc) is 2.48. The third-order valence-electron chi connectivity index (χ3n) is 3.70. The number of nitrogens with zero attached hydrogens (tertiary/aromatic N) is 3. The van der Waals surface area contributed by atoms with Crippen LogP contribution in [0.3, 0.4) is 0 Å². The molecule has 0 unspecified atom stereocenters. The lowest BCUT2D eigenvalue weighted by atomic mass is 10.2. The molecule has 0 saturated heterocycles. The average molecular weight is 287 g/mol. The van der Waals surface area contributed by atoms with Gasteiger partial charge in [0.25, 0.3) is 0 Å². The van der Waals surface area contributed by atoms with E-state index in [4.69, 9.17) is 0 Å². The van der Waals surface area contributed by atoms with Gasteiger partial charge in [-0.3, -0.25) is 4.90 Å². The molecule has 2 aromatic rings. The minimum absolute atomic E-state index is 0.179. The van der Waals surface area contributed by atoms with Crippen LogP contribution in [0.2, 0.25) is 0 Å². The fraction of sp³-hybridized carbons (Fsp3) is 0.529. The molecule has 114 valence electrons. The first-order valence-electron chi connectivity index (χ1n) is 7.80. The van der Waals surface area contributed by atoms with E-state index in [1.165, 1.54) is 12.8 Å². The molecule has 0 spiro atoms. The summed E-state index contributed by atoms with van der Waals surface area (Å²) in [6.45, 7) is 6.78. The van der Waals surface area contributed by atoms with Crippen LogP contribution in [0.15, 0.2) is 24.3 Å². The largest absolute Gasteiger partial charge is 0.395 e. The number of hydrogen-bond donors (Lipinski definition) is 1. The Balaban J connectivity index is 2.12.